The van der Waals surface area contributed by atoms with Crippen LogP contribution in [0, 0.1) is 11.8 Å². The summed E-state index contributed by atoms with van der Waals surface area (Å²) in [6.07, 6.45) is 2.49. The first-order valence-corrected chi connectivity index (χ1v) is 11.0. The van der Waals surface area contributed by atoms with Crippen molar-refractivity contribution in [2.75, 3.05) is 12.4 Å². The number of hydrogen-bond donors (Lipinski definition) is 3. The van der Waals surface area contributed by atoms with Crippen LogP contribution in [0.3, 0.4) is 0 Å². The predicted molar refractivity (Wildman–Crippen MR) is 135 cm³/mol. The molecule has 0 aliphatic carbocycles. The fraction of sp³-hybridized carbons (Fsp3) is 0.0690. The molecule has 0 spiro atoms. The van der Waals surface area contributed by atoms with Gasteiger partial charge in [0.1, 0.15) is 23.4 Å². The normalized spacial score (nSPS) is 14.0. The molecule has 1 aromatic heterocycles. The summed E-state index contributed by atoms with van der Waals surface area (Å²) >= 11 is 0. The number of ether oxygens (including phenoxy) is 2. The van der Waals surface area contributed by atoms with Crippen molar-refractivity contribution in [3.63, 3.8) is 0 Å². The van der Waals surface area contributed by atoms with Gasteiger partial charge in [-0.25, -0.2) is 0 Å². The zero-order valence-electron chi connectivity index (χ0n) is 18.9. The van der Waals surface area contributed by atoms with Gasteiger partial charge in [-0.3, -0.25) is 4.79 Å². The van der Waals surface area contributed by atoms with Crippen LogP contribution in [-0.2, 0) is 4.79 Å². The molecule has 35 heavy (non-hydrogen) atoms. The molecule has 0 radical (unpaired) electrons. The number of methoxy groups -OCH3 is 1. The molecule has 1 unspecified atom stereocenters. The molecule has 1 atom stereocenters. The van der Waals surface area contributed by atoms with Crippen LogP contribution in [0.5, 0.6) is 17.2 Å². The molecule has 3 N–H and O–H groups in total. The molecule has 0 bridgehead atoms. The summed E-state index contributed by atoms with van der Waals surface area (Å²) in [4.78, 5) is 15.8. The first-order chi connectivity index (χ1) is 17.1. The van der Waals surface area contributed by atoms with Gasteiger partial charge in [-0.15, -0.1) is 0 Å². The summed E-state index contributed by atoms with van der Waals surface area (Å²) in [6.45, 7) is 0. The predicted octanol–water partition coefficient (Wildman–Crippen LogP) is 5.39. The Kier molecular flexibility index (Phi) is 6.08. The standard InChI is InChI=1S/C29H22N2O4/c1-34-27-16-17-30-25(27)18-23-28-20(6-5-9-24(28)31-29(23)33)12-15-26(32)19-10-13-22(14-11-19)35-21-7-3-2-4-8-21/h2-11,13-14,16-18,26,30,32H,1H3,(H,31,33). The zero-order chi connectivity index (χ0) is 24.2. The molecule has 3 aromatic carbocycles. The molecule has 4 aromatic rings. The summed E-state index contributed by atoms with van der Waals surface area (Å²) in [7, 11) is 1.58. The molecule has 6 heteroatoms. The number of aliphatic hydroxyl groups is 1. The van der Waals surface area contributed by atoms with Crippen LogP contribution >= 0.6 is 0 Å². The van der Waals surface area contributed by atoms with Gasteiger partial charge in [0.15, 0.2) is 0 Å². The van der Waals surface area contributed by atoms with Gasteiger partial charge < -0.3 is 24.9 Å². The van der Waals surface area contributed by atoms with Crippen LogP contribution in [0.15, 0.2) is 85.1 Å². The molecule has 1 aliphatic heterocycles. The van der Waals surface area contributed by atoms with Crippen molar-refractivity contribution in [1.29, 1.82) is 0 Å². The van der Waals surface area contributed by atoms with Gasteiger partial charge in [0, 0.05) is 17.3 Å². The quantitative estimate of drug-likeness (QED) is 0.274. The Morgan fingerprint density at radius 1 is 0.943 bits per heavy atom. The van der Waals surface area contributed by atoms with Gasteiger partial charge in [-0.05, 0) is 54.1 Å². The second-order valence-corrected chi connectivity index (χ2v) is 7.86. The monoisotopic (exact) mass is 462 g/mol. The SMILES string of the molecule is COc1cc[nH]c1C=C1C(=O)Nc2cccc(C#CC(O)c3ccc(Oc4ccccc4)cc3)c21. The van der Waals surface area contributed by atoms with Gasteiger partial charge in [-0.2, -0.15) is 0 Å². The lowest BCUT2D eigenvalue weighted by Gasteiger charge is -2.08. The highest BCUT2D eigenvalue weighted by molar-refractivity contribution is 6.35. The summed E-state index contributed by atoms with van der Waals surface area (Å²) in [5.41, 5.74) is 3.82. The Morgan fingerprint density at radius 2 is 1.71 bits per heavy atom. The topological polar surface area (TPSA) is 83.6 Å². The van der Waals surface area contributed by atoms with E-state index in [0.29, 0.717) is 45.1 Å². The third-order valence-electron chi connectivity index (χ3n) is 5.59. The number of carbonyl (C=O) groups excluding carboxylic acids is 1. The van der Waals surface area contributed by atoms with E-state index >= 15 is 0 Å². The second kappa shape index (κ2) is 9.64. The lowest BCUT2D eigenvalue weighted by Crippen LogP contribution is -2.03. The maximum atomic E-state index is 12.7. The molecule has 5 rings (SSSR count). The van der Waals surface area contributed by atoms with Gasteiger partial charge in [0.25, 0.3) is 5.91 Å². The number of rotatable bonds is 5. The number of aromatic nitrogens is 1. The van der Waals surface area contributed by atoms with E-state index in [1.54, 1.807) is 49.7 Å². The molecular formula is C29H22N2O4. The first-order valence-electron chi connectivity index (χ1n) is 11.0. The summed E-state index contributed by atoms with van der Waals surface area (Å²) in [5.74, 6) is 7.77. The minimum Gasteiger partial charge on any atom is -0.495 e. The van der Waals surface area contributed by atoms with Crippen molar-refractivity contribution in [1.82, 2.24) is 4.98 Å². The van der Waals surface area contributed by atoms with E-state index in [4.69, 9.17) is 9.47 Å². The van der Waals surface area contributed by atoms with Crippen LogP contribution in [-0.4, -0.2) is 23.1 Å². The van der Waals surface area contributed by atoms with Crippen LogP contribution in [0.2, 0.25) is 0 Å². The molecule has 0 saturated carbocycles. The highest BCUT2D eigenvalue weighted by Gasteiger charge is 2.27. The van der Waals surface area contributed by atoms with Crippen LogP contribution in [0.25, 0.3) is 11.6 Å². The Hall–Kier alpha value is -4.73. The van der Waals surface area contributed by atoms with Crippen LogP contribution in [0.1, 0.15) is 28.5 Å². The number of carbonyl (C=O) groups is 1. The average Bonchev–Trinajstić information content (AvgIpc) is 3.47. The highest BCUT2D eigenvalue weighted by atomic mass is 16.5. The van der Waals surface area contributed by atoms with E-state index < -0.39 is 6.10 Å². The van der Waals surface area contributed by atoms with Crippen molar-refractivity contribution in [2.24, 2.45) is 0 Å². The third-order valence-corrected chi connectivity index (χ3v) is 5.59. The number of amides is 1. The van der Waals surface area contributed by atoms with Crippen molar-refractivity contribution < 1.29 is 19.4 Å². The molecule has 2 heterocycles. The minimum absolute atomic E-state index is 0.222. The van der Waals surface area contributed by atoms with E-state index in [-0.39, 0.29) is 5.91 Å². The van der Waals surface area contributed by atoms with E-state index in [1.165, 1.54) is 0 Å². The minimum atomic E-state index is -1.00. The molecule has 172 valence electrons. The lowest BCUT2D eigenvalue weighted by atomic mass is 9.99. The van der Waals surface area contributed by atoms with Crippen molar-refractivity contribution >= 4 is 23.2 Å². The Morgan fingerprint density at radius 3 is 2.49 bits per heavy atom. The van der Waals surface area contributed by atoms with E-state index in [2.05, 4.69) is 22.1 Å². The van der Waals surface area contributed by atoms with E-state index in [1.807, 2.05) is 48.5 Å². The maximum absolute atomic E-state index is 12.7. The number of aliphatic hydroxyl groups excluding tert-OH is 1. The largest absolute Gasteiger partial charge is 0.495 e. The number of nitrogens with one attached hydrogen (secondary N) is 2. The Balaban J connectivity index is 1.40. The van der Waals surface area contributed by atoms with Crippen molar-refractivity contribution in [3.05, 3.63) is 107 Å². The van der Waals surface area contributed by atoms with E-state index in [0.717, 1.165) is 5.75 Å². The number of aromatic amines is 1. The van der Waals surface area contributed by atoms with Gasteiger partial charge >= 0.3 is 0 Å². The number of fused-ring (bicyclic) bond motifs is 1. The van der Waals surface area contributed by atoms with Gasteiger partial charge in [0.05, 0.1) is 24.1 Å². The van der Waals surface area contributed by atoms with Gasteiger partial charge in [0.2, 0.25) is 0 Å². The molecule has 1 amide bonds. The van der Waals surface area contributed by atoms with E-state index in [9.17, 15) is 9.90 Å². The summed E-state index contributed by atoms with van der Waals surface area (Å²) < 4.78 is 11.1. The van der Waals surface area contributed by atoms with Crippen LogP contribution in [0.4, 0.5) is 5.69 Å². The highest BCUT2D eigenvalue weighted by Crippen LogP contribution is 2.36. The Bertz CT molecular complexity index is 1460. The third kappa shape index (κ3) is 4.67. The number of anilines is 1. The molecule has 1 aliphatic rings. The van der Waals surface area contributed by atoms with Crippen LogP contribution < -0.4 is 14.8 Å². The lowest BCUT2D eigenvalue weighted by molar-refractivity contribution is -0.110. The average molecular weight is 463 g/mol. The van der Waals surface area contributed by atoms with Crippen molar-refractivity contribution in [2.45, 2.75) is 6.10 Å². The number of para-hydroxylation sites is 1. The molecular weight excluding hydrogens is 440 g/mol. The molecule has 0 saturated heterocycles. The fourth-order valence-electron chi connectivity index (χ4n) is 3.87. The summed E-state index contributed by atoms with van der Waals surface area (Å²) in [5, 5.41) is 13.5. The second-order valence-electron chi connectivity index (χ2n) is 7.86. The smallest absolute Gasteiger partial charge is 0.256 e. The number of hydrogen-bond acceptors (Lipinski definition) is 4. The maximum Gasteiger partial charge on any atom is 0.256 e. The zero-order valence-corrected chi connectivity index (χ0v) is 18.9. The molecule has 6 nitrogen and oxygen atoms in total. The Labute approximate surface area is 202 Å². The molecule has 0 fully saturated rings. The van der Waals surface area contributed by atoms with Gasteiger partial charge in [-0.1, -0.05) is 48.2 Å². The van der Waals surface area contributed by atoms with Crippen molar-refractivity contribution in [3.8, 4) is 29.1 Å². The summed E-state index contributed by atoms with van der Waals surface area (Å²) in [6, 6.07) is 23.9. The number of benzene rings is 3. The number of H-pyrrole nitrogens is 1. The fourth-order valence-corrected chi connectivity index (χ4v) is 3.87. The first kappa shape index (κ1) is 22.1.